The van der Waals surface area contributed by atoms with Gasteiger partial charge in [-0.2, -0.15) is 0 Å². The zero-order valence-corrected chi connectivity index (χ0v) is 19.2. The summed E-state index contributed by atoms with van der Waals surface area (Å²) in [6.07, 6.45) is 3.70. The number of nitrogens with one attached hydrogen (secondary N) is 2. The fourth-order valence-electron chi connectivity index (χ4n) is 3.75. The van der Waals surface area contributed by atoms with Crippen LogP contribution in [0.4, 0.5) is 5.69 Å². The van der Waals surface area contributed by atoms with Gasteiger partial charge in [0.05, 0.1) is 15.8 Å². The van der Waals surface area contributed by atoms with E-state index < -0.39 is 27.9 Å². The van der Waals surface area contributed by atoms with Gasteiger partial charge in [0.2, 0.25) is 0 Å². The van der Waals surface area contributed by atoms with Gasteiger partial charge in [0.15, 0.2) is 0 Å². The molecule has 35 heavy (non-hydrogen) atoms. The standard InChI is InChI=1S/C12H13N3O4.C12H14N2O2/c1-12(13,11(16)17)5-7-6-14-8-3-2-4-9(10(7)8)15(18)19;1-12(13,11(15)16)6-8-7-14-10-5-3-2-4-9(8)10/h2-4,6,14H,5,13H2,1H3,(H,16,17);2-5,7,14H,6,13H2,1H3,(H,15,16). The molecule has 0 saturated carbocycles. The minimum atomic E-state index is -1.47. The molecule has 0 saturated heterocycles. The first-order valence-corrected chi connectivity index (χ1v) is 10.7. The number of aliphatic carboxylic acids is 2. The van der Waals surface area contributed by atoms with Crippen molar-refractivity contribution in [1.82, 2.24) is 9.97 Å². The summed E-state index contributed by atoms with van der Waals surface area (Å²) < 4.78 is 0. The van der Waals surface area contributed by atoms with E-state index in [9.17, 15) is 19.7 Å². The number of fused-ring (bicyclic) bond motifs is 2. The lowest BCUT2D eigenvalue weighted by Crippen LogP contribution is -2.46. The average molecular weight is 482 g/mol. The van der Waals surface area contributed by atoms with E-state index in [0.29, 0.717) is 22.9 Å². The summed E-state index contributed by atoms with van der Waals surface area (Å²) in [5, 5.41) is 30.4. The number of benzene rings is 2. The summed E-state index contributed by atoms with van der Waals surface area (Å²) in [6, 6.07) is 12.4. The molecule has 2 aromatic heterocycles. The van der Waals surface area contributed by atoms with Crippen LogP contribution in [0.2, 0.25) is 0 Å². The Morgan fingerprint density at radius 1 is 0.886 bits per heavy atom. The van der Waals surface area contributed by atoms with E-state index in [-0.39, 0.29) is 12.1 Å². The Labute approximate surface area is 199 Å². The van der Waals surface area contributed by atoms with Crippen LogP contribution in [0.5, 0.6) is 0 Å². The highest BCUT2D eigenvalue weighted by Gasteiger charge is 2.31. The number of carboxylic acids is 2. The lowest BCUT2D eigenvalue weighted by atomic mass is 9.93. The van der Waals surface area contributed by atoms with Crippen LogP contribution in [-0.2, 0) is 22.4 Å². The molecule has 4 aromatic rings. The molecule has 2 unspecified atom stereocenters. The minimum Gasteiger partial charge on any atom is -0.480 e. The molecule has 2 heterocycles. The summed E-state index contributed by atoms with van der Waals surface area (Å²) in [5.74, 6) is -2.14. The fraction of sp³-hybridized carbons (Fsp3) is 0.250. The fourth-order valence-corrected chi connectivity index (χ4v) is 3.75. The number of aromatic amines is 2. The lowest BCUT2D eigenvalue weighted by molar-refractivity contribution is -0.383. The molecule has 2 aromatic carbocycles. The maximum absolute atomic E-state index is 11.0. The quantitative estimate of drug-likeness (QED) is 0.171. The summed E-state index contributed by atoms with van der Waals surface area (Å²) in [6.45, 7) is 2.90. The number of nitro groups is 1. The van der Waals surface area contributed by atoms with Gasteiger partial charge in [0.1, 0.15) is 11.1 Å². The third-order valence-corrected chi connectivity index (χ3v) is 5.73. The number of hydrogen-bond acceptors (Lipinski definition) is 6. The van der Waals surface area contributed by atoms with Gasteiger partial charge in [0.25, 0.3) is 5.69 Å². The predicted octanol–water partition coefficient (Wildman–Crippen LogP) is 2.93. The van der Waals surface area contributed by atoms with Crippen LogP contribution in [0.1, 0.15) is 25.0 Å². The first-order chi connectivity index (χ1) is 16.3. The number of non-ortho nitro benzene ring substituents is 1. The molecule has 2 atom stereocenters. The topological polar surface area (TPSA) is 201 Å². The Kier molecular flexibility index (Phi) is 6.94. The van der Waals surface area contributed by atoms with Gasteiger partial charge in [-0.1, -0.05) is 24.3 Å². The largest absolute Gasteiger partial charge is 0.480 e. The summed E-state index contributed by atoms with van der Waals surface area (Å²) >= 11 is 0. The van der Waals surface area contributed by atoms with Gasteiger partial charge >= 0.3 is 11.9 Å². The third kappa shape index (κ3) is 5.48. The first kappa shape index (κ1) is 25.4. The highest BCUT2D eigenvalue weighted by atomic mass is 16.6. The number of carboxylic acid groups (broad SMARTS) is 2. The van der Waals surface area contributed by atoms with Crippen LogP contribution in [0.3, 0.4) is 0 Å². The monoisotopic (exact) mass is 481 g/mol. The highest BCUT2D eigenvalue weighted by Crippen LogP contribution is 2.30. The Bertz CT molecular complexity index is 1400. The number of rotatable bonds is 7. The third-order valence-electron chi connectivity index (χ3n) is 5.73. The van der Waals surface area contributed by atoms with Crippen molar-refractivity contribution in [3.63, 3.8) is 0 Å². The maximum Gasteiger partial charge on any atom is 0.323 e. The molecule has 0 aliphatic carbocycles. The maximum atomic E-state index is 11.0. The molecule has 11 nitrogen and oxygen atoms in total. The molecular weight excluding hydrogens is 454 g/mol. The van der Waals surface area contributed by atoms with Gasteiger partial charge in [-0.3, -0.25) is 19.7 Å². The van der Waals surface area contributed by atoms with E-state index in [1.807, 2.05) is 30.5 Å². The van der Waals surface area contributed by atoms with Crippen LogP contribution < -0.4 is 11.5 Å². The Hall–Kier alpha value is -4.22. The van der Waals surface area contributed by atoms with E-state index in [0.717, 1.165) is 16.5 Å². The normalized spacial score (nSPS) is 14.5. The van der Waals surface area contributed by atoms with Gasteiger partial charge in [-0.25, -0.2) is 0 Å². The lowest BCUT2D eigenvalue weighted by Gasteiger charge is -2.18. The number of nitro benzene ring substituents is 1. The predicted molar refractivity (Wildman–Crippen MR) is 131 cm³/mol. The van der Waals surface area contributed by atoms with Crippen LogP contribution in [0.25, 0.3) is 21.8 Å². The van der Waals surface area contributed by atoms with Crippen molar-refractivity contribution >= 4 is 39.4 Å². The first-order valence-electron chi connectivity index (χ1n) is 10.7. The molecule has 184 valence electrons. The summed E-state index contributed by atoms with van der Waals surface area (Å²) in [5.41, 5.74) is 11.7. The second-order valence-corrected chi connectivity index (χ2v) is 8.93. The van der Waals surface area contributed by atoms with Crippen molar-refractivity contribution in [1.29, 1.82) is 0 Å². The van der Waals surface area contributed by atoms with Crippen molar-refractivity contribution in [2.75, 3.05) is 0 Å². The van der Waals surface area contributed by atoms with E-state index in [1.165, 1.54) is 19.9 Å². The molecule has 8 N–H and O–H groups in total. The number of nitrogens with two attached hydrogens (primary N) is 2. The second-order valence-electron chi connectivity index (χ2n) is 8.93. The van der Waals surface area contributed by atoms with Crippen molar-refractivity contribution in [3.05, 3.63) is 76.1 Å². The second kappa shape index (κ2) is 9.57. The Balaban J connectivity index is 0.000000198. The van der Waals surface area contributed by atoms with Crippen LogP contribution >= 0.6 is 0 Å². The SMILES string of the molecule is CC(N)(Cc1c[nH]c2cccc([N+](=O)[O-])c12)C(=O)O.CC(N)(Cc1c[nH]c2ccccc12)C(=O)O. The number of aromatic nitrogens is 2. The number of nitrogens with zero attached hydrogens (tertiary/aromatic N) is 1. The molecule has 0 radical (unpaired) electrons. The smallest absolute Gasteiger partial charge is 0.323 e. The van der Waals surface area contributed by atoms with Crippen molar-refractivity contribution in [3.8, 4) is 0 Å². The van der Waals surface area contributed by atoms with Crippen LogP contribution in [0.15, 0.2) is 54.9 Å². The van der Waals surface area contributed by atoms with Crippen LogP contribution in [0, 0.1) is 10.1 Å². The Morgan fingerprint density at radius 2 is 1.40 bits per heavy atom. The van der Waals surface area contributed by atoms with Gasteiger partial charge < -0.3 is 31.6 Å². The van der Waals surface area contributed by atoms with Crippen molar-refractivity contribution < 1.29 is 24.7 Å². The summed E-state index contributed by atoms with van der Waals surface area (Å²) in [4.78, 5) is 38.5. The molecule has 11 heteroatoms. The number of carbonyl (C=O) groups is 2. The van der Waals surface area contributed by atoms with E-state index in [2.05, 4.69) is 9.97 Å². The minimum absolute atomic E-state index is 0.00713. The zero-order valence-electron chi connectivity index (χ0n) is 19.2. The van der Waals surface area contributed by atoms with Gasteiger partial charge in [-0.15, -0.1) is 0 Å². The number of hydrogen-bond donors (Lipinski definition) is 6. The van der Waals surface area contributed by atoms with Crippen molar-refractivity contribution in [2.24, 2.45) is 11.5 Å². The molecule has 4 rings (SSSR count). The van der Waals surface area contributed by atoms with E-state index >= 15 is 0 Å². The molecule has 0 bridgehead atoms. The molecule has 0 spiro atoms. The molecule has 0 aliphatic heterocycles. The Morgan fingerprint density at radius 3 is 2.00 bits per heavy atom. The van der Waals surface area contributed by atoms with Gasteiger partial charge in [-0.05, 0) is 37.1 Å². The molecule has 0 aliphatic rings. The molecule has 0 fully saturated rings. The summed E-state index contributed by atoms with van der Waals surface area (Å²) in [7, 11) is 0. The zero-order chi connectivity index (χ0) is 26.0. The average Bonchev–Trinajstić information content (AvgIpc) is 3.38. The number of H-pyrrole nitrogens is 2. The number of para-hydroxylation sites is 1. The molecular formula is C24H27N5O6. The highest BCUT2D eigenvalue weighted by molar-refractivity contribution is 5.92. The van der Waals surface area contributed by atoms with Crippen LogP contribution in [-0.4, -0.2) is 48.1 Å². The molecule has 0 amide bonds. The van der Waals surface area contributed by atoms with E-state index in [4.69, 9.17) is 21.7 Å². The van der Waals surface area contributed by atoms with Gasteiger partial charge in [0, 0.05) is 42.2 Å². The van der Waals surface area contributed by atoms with Crippen molar-refractivity contribution in [2.45, 2.75) is 37.8 Å². The van der Waals surface area contributed by atoms with E-state index in [1.54, 1.807) is 18.3 Å².